The first-order valence-corrected chi connectivity index (χ1v) is 14.4. The smallest absolute Gasteiger partial charge is 0.269 e. The van der Waals surface area contributed by atoms with Gasteiger partial charge in [-0.2, -0.15) is 0 Å². The molecule has 0 atom stereocenters. The monoisotopic (exact) mass is 630 g/mol. The van der Waals surface area contributed by atoms with E-state index in [1.807, 2.05) is 12.1 Å². The number of rotatable bonds is 8. The van der Waals surface area contributed by atoms with Gasteiger partial charge in [-0.3, -0.25) is 24.7 Å². The van der Waals surface area contributed by atoms with Crippen molar-refractivity contribution in [3.8, 4) is 0 Å². The summed E-state index contributed by atoms with van der Waals surface area (Å²) in [5.41, 5.74) is 2.05. The number of carbonyl (C=O) groups is 1. The van der Waals surface area contributed by atoms with Crippen molar-refractivity contribution in [3.63, 3.8) is 0 Å². The number of nitro benzene ring substituents is 1. The van der Waals surface area contributed by atoms with Gasteiger partial charge in [0.25, 0.3) is 11.6 Å². The van der Waals surface area contributed by atoms with E-state index in [4.69, 9.17) is 0 Å². The minimum atomic E-state index is -0.948. The zero-order valence-electron chi connectivity index (χ0n) is 22.4. The number of non-ortho nitro benzene ring substituents is 1. The molecule has 0 unspecified atom stereocenters. The molecule has 1 aromatic heterocycles. The standard InChI is InChI=1S/C29H31BrF2N6O3.H2/c30-25-16-22(29(39)34-17-21-3-6-26(31)27(32)15-21)18-33-28(25)37-13-11-36(12-14-37)23-7-9-35(10-8-23)19-20-1-4-24(5-2-20)38(40)41;/h1-6,15-16,18,23H,7-14,17,19H2,(H,34,39);1H. The average molecular weight is 632 g/mol. The van der Waals surface area contributed by atoms with Gasteiger partial charge < -0.3 is 10.2 Å². The third-order valence-electron chi connectivity index (χ3n) is 7.76. The van der Waals surface area contributed by atoms with Gasteiger partial charge in [-0.15, -0.1) is 0 Å². The summed E-state index contributed by atoms with van der Waals surface area (Å²) in [6, 6.07) is 12.6. The van der Waals surface area contributed by atoms with Crippen molar-refractivity contribution in [3.05, 3.63) is 97.6 Å². The van der Waals surface area contributed by atoms with Crippen molar-refractivity contribution in [1.82, 2.24) is 20.1 Å². The highest BCUT2D eigenvalue weighted by molar-refractivity contribution is 9.10. The van der Waals surface area contributed by atoms with E-state index in [1.54, 1.807) is 18.2 Å². The zero-order chi connectivity index (χ0) is 28.9. The molecule has 1 N–H and O–H groups in total. The fourth-order valence-corrected chi connectivity index (χ4v) is 6.04. The summed E-state index contributed by atoms with van der Waals surface area (Å²) < 4.78 is 27.3. The Morgan fingerprint density at radius 1 is 1.00 bits per heavy atom. The number of benzene rings is 2. The number of hydrogen-bond donors (Lipinski definition) is 1. The maximum atomic E-state index is 13.4. The highest BCUT2D eigenvalue weighted by Gasteiger charge is 2.28. The second-order valence-corrected chi connectivity index (χ2v) is 11.3. The van der Waals surface area contributed by atoms with Crippen molar-refractivity contribution in [2.45, 2.75) is 32.0 Å². The first-order chi connectivity index (χ1) is 19.8. The number of hydrogen-bond acceptors (Lipinski definition) is 7. The lowest BCUT2D eigenvalue weighted by Gasteiger charge is -2.43. The predicted octanol–water partition coefficient (Wildman–Crippen LogP) is 4.99. The number of nitro groups is 1. The number of pyridine rings is 1. The molecule has 2 aliphatic rings. The maximum Gasteiger partial charge on any atom is 0.269 e. The predicted molar refractivity (Wildman–Crippen MR) is 157 cm³/mol. The Morgan fingerprint density at radius 2 is 1.68 bits per heavy atom. The molecule has 0 spiro atoms. The number of nitrogens with zero attached hydrogens (tertiary/aromatic N) is 5. The lowest BCUT2D eigenvalue weighted by molar-refractivity contribution is -0.384. The van der Waals surface area contributed by atoms with Crippen LogP contribution in [0.3, 0.4) is 0 Å². The molecule has 9 nitrogen and oxygen atoms in total. The van der Waals surface area contributed by atoms with Crippen LogP contribution in [0.4, 0.5) is 20.3 Å². The Balaban J connectivity index is 0.00000405. The van der Waals surface area contributed by atoms with Crippen LogP contribution in [-0.4, -0.2) is 70.9 Å². The first kappa shape index (κ1) is 29.0. The zero-order valence-corrected chi connectivity index (χ0v) is 24.0. The van der Waals surface area contributed by atoms with Gasteiger partial charge in [0.15, 0.2) is 11.6 Å². The van der Waals surface area contributed by atoms with Gasteiger partial charge >= 0.3 is 0 Å². The van der Waals surface area contributed by atoms with Gasteiger partial charge in [-0.25, -0.2) is 13.8 Å². The summed E-state index contributed by atoms with van der Waals surface area (Å²) in [4.78, 5) is 34.8. The van der Waals surface area contributed by atoms with Crippen LogP contribution in [0, 0.1) is 21.7 Å². The molecular formula is C29H33BrF2N6O3. The minimum Gasteiger partial charge on any atom is -0.353 e. The molecule has 2 aromatic carbocycles. The number of piperidine rings is 1. The molecule has 41 heavy (non-hydrogen) atoms. The number of halogens is 3. The summed E-state index contributed by atoms with van der Waals surface area (Å²) in [5, 5.41) is 13.6. The fraction of sp³-hybridized carbons (Fsp3) is 0.379. The molecule has 2 aliphatic heterocycles. The van der Waals surface area contributed by atoms with Gasteiger partial charge in [0.05, 0.1) is 15.0 Å². The van der Waals surface area contributed by atoms with Gasteiger partial charge in [0.1, 0.15) is 5.82 Å². The van der Waals surface area contributed by atoms with Crippen LogP contribution in [-0.2, 0) is 13.1 Å². The molecule has 12 heteroatoms. The second-order valence-electron chi connectivity index (χ2n) is 10.4. The Kier molecular flexibility index (Phi) is 9.21. The Bertz CT molecular complexity index is 1400. The lowest BCUT2D eigenvalue weighted by Crippen LogP contribution is -2.53. The van der Waals surface area contributed by atoms with Crippen molar-refractivity contribution >= 4 is 33.3 Å². The van der Waals surface area contributed by atoms with E-state index in [9.17, 15) is 23.7 Å². The molecule has 5 rings (SSSR count). The topological polar surface area (TPSA) is 94.9 Å². The van der Waals surface area contributed by atoms with Crippen molar-refractivity contribution in [2.24, 2.45) is 0 Å². The van der Waals surface area contributed by atoms with Crippen molar-refractivity contribution in [2.75, 3.05) is 44.2 Å². The van der Waals surface area contributed by atoms with E-state index in [2.05, 4.69) is 40.9 Å². The lowest BCUT2D eigenvalue weighted by atomic mass is 10.0. The quantitative estimate of drug-likeness (QED) is 0.277. The summed E-state index contributed by atoms with van der Waals surface area (Å²) in [5.74, 6) is -1.43. The highest BCUT2D eigenvalue weighted by atomic mass is 79.9. The Hall–Kier alpha value is -3.48. The third-order valence-corrected chi connectivity index (χ3v) is 8.35. The summed E-state index contributed by atoms with van der Waals surface area (Å²) in [6.07, 6.45) is 3.71. The minimum absolute atomic E-state index is 0. The molecule has 2 saturated heterocycles. The van der Waals surface area contributed by atoms with Crippen molar-refractivity contribution in [1.29, 1.82) is 0 Å². The van der Waals surface area contributed by atoms with E-state index in [0.29, 0.717) is 17.2 Å². The molecule has 2 fully saturated rings. The molecule has 0 aliphatic carbocycles. The number of aromatic nitrogens is 1. The number of anilines is 1. The van der Waals surface area contributed by atoms with Crippen LogP contribution in [0.1, 0.15) is 35.8 Å². The van der Waals surface area contributed by atoms with Crippen LogP contribution >= 0.6 is 15.9 Å². The largest absolute Gasteiger partial charge is 0.353 e. The SMILES string of the molecule is O=C(NCc1ccc(F)c(F)c1)c1cnc(N2CCN(C3CCN(Cc4ccc([N+](=O)[O-])cc4)CC3)CC2)c(Br)c1.[HH]. The normalized spacial score (nSPS) is 17.0. The Morgan fingerprint density at radius 3 is 2.32 bits per heavy atom. The van der Waals surface area contributed by atoms with Crippen LogP contribution in [0.15, 0.2) is 59.2 Å². The first-order valence-electron chi connectivity index (χ1n) is 13.6. The average Bonchev–Trinajstić information content (AvgIpc) is 2.98. The summed E-state index contributed by atoms with van der Waals surface area (Å²) in [6.45, 7) is 6.38. The van der Waals surface area contributed by atoms with E-state index in [-0.39, 0.29) is 24.5 Å². The van der Waals surface area contributed by atoms with E-state index in [1.165, 1.54) is 12.3 Å². The number of nitrogens with one attached hydrogen (secondary N) is 1. The molecule has 218 valence electrons. The molecule has 3 heterocycles. The molecule has 0 radical (unpaired) electrons. The van der Waals surface area contributed by atoms with Crippen LogP contribution < -0.4 is 10.2 Å². The molecule has 0 saturated carbocycles. The van der Waals surface area contributed by atoms with E-state index >= 15 is 0 Å². The van der Waals surface area contributed by atoms with E-state index < -0.39 is 11.6 Å². The van der Waals surface area contributed by atoms with Gasteiger partial charge in [-0.1, -0.05) is 18.2 Å². The van der Waals surface area contributed by atoms with Crippen LogP contribution in [0.5, 0.6) is 0 Å². The van der Waals surface area contributed by atoms with E-state index in [0.717, 1.165) is 86.6 Å². The molecule has 1 amide bonds. The summed E-state index contributed by atoms with van der Waals surface area (Å²) in [7, 11) is 0. The number of amides is 1. The van der Waals surface area contributed by atoms with Crippen LogP contribution in [0.2, 0.25) is 0 Å². The van der Waals surface area contributed by atoms with Crippen LogP contribution in [0.25, 0.3) is 0 Å². The Labute approximate surface area is 246 Å². The number of likely N-dealkylation sites (tertiary alicyclic amines) is 1. The number of piperazine rings is 1. The second kappa shape index (κ2) is 13.0. The van der Waals surface area contributed by atoms with Crippen molar-refractivity contribution < 1.29 is 19.9 Å². The maximum absolute atomic E-state index is 13.4. The number of carbonyl (C=O) groups excluding carboxylic acids is 1. The van der Waals surface area contributed by atoms with Gasteiger partial charge in [0, 0.05) is 65.1 Å². The fourth-order valence-electron chi connectivity index (χ4n) is 5.44. The van der Waals surface area contributed by atoms with Gasteiger partial charge in [-0.05, 0) is 71.2 Å². The molecule has 3 aromatic rings. The molecule has 0 bridgehead atoms. The highest BCUT2D eigenvalue weighted by Crippen LogP contribution is 2.27. The summed E-state index contributed by atoms with van der Waals surface area (Å²) >= 11 is 3.57. The molecular weight excluding hydrogens is 598 g/mol. The third kappa shape index (κ3) is 7.24. The van der Waals surface area contributed by atoms with Gasteiger partial charge in [0.2, 0.25) is 0 Å².